The van der Waals surface area contributed by atoms with Crippen LogP contribution < -0.4 is 4.74 Å². The second-order valence-electron chi connectivity index (χ2n) is 11.3. The van der Waals surface area contributed by atoms with Crippen LogP contribution in [0.25, 0.3) is 0 Å². The number of alkyl halides is 1. The Labute approximate surface area is 248 Å². The first kappa shape index (κ1) is 30.0. The molecule has 2 aromatic carbocycles. The second-order valence-corrected chi connectivity index (χ2v) is 12.1. The maximum Gasteiger partial charge on any atom is 0.326 e. The molecule has 3 aliphatic rings. The van der Waals surface area contributed by atoms with Crippen molar-refractivity contribution in [3.8, 4) is 5.75 Å². The Bertz CT molecular complexity index is 1270. The zero-order chi connectivity index (χ0) is 29.3. The number of nitrogens with zero attached hydrogens (tertiary/aromatic N) is 2. The number of aliphatic carboxylic acids is 1. The Kier molecular flexibility index (Phi) is 9.38. The molecule has 0 spiro atoms. The summed E-state index contributed by atoms with van der Waals surface area (Å²) in [6.45, 7) is 2.19. The monoisotopic (exact) mass is 610 g/mol. The van der Waals surface area contributed by atoms with Gasteiger partial charge in [-0.25, -0.2) is 13.6 Å². The molecule has 0 radical (unpaired) electrons. The fraction of sp³-hybridized carbons (Fsp3) is 0.533. The van der Waals surface area contributed by atoms with Gasteiger partial charge in [-0.1, -0.05) is 23.2 Å². The summed E-state index contributed by atoms with van der Waals surface area (Å²) in [5, 5.41) is 10.6. The summed E-state index contributed by atoms with van der Waals surface area (Å²) < 4.78 is 40.8. The highest BCUT2D eigenvalue weighted by Gasteiger charge is 2.41. The van der Waals surface area contributed by atoms with Crippen molar-refractivity contribution in [3.63, 3.8) is 0 Å². The van der Waals surface area contributed by atoms with Crippen molar-refractivity contribution in [3.05, 3.63) is 62.9 Å². The van der Waals surface area contributed by atoms with E-state index in [4.69, 9.17) is 32.7 Å². The van der Waals surface area contributed by atoms with Crippen LogP contribution in [-0.4, -0.2) is 79.0 Å². The minimum absolute atomic E-state index is 0.0164. The Balaban J connectivity index is 1.24. The Morgan fingerprint density at radius 1 is 1.07 bits per heavy atom. The fourth-order valence-electron chi connectivity index (χ4n) is 5.95. The third-order valence-electron chi connectivity index (χ3n) is 8.30. The number of piperidine rings is 1. The van der Waals surface area contributed by atoms with Gasteiger partial charge < -0.3 is 19.5 Å². The highest BCUT2D eigenvalue weighted by molar-refractivity contribution is 6.34. The standard InChI is InChI=1S/C30H34Cl2F2N2O5/c1-40-16-27(19-8-20(31)10-21(32)9-19)35-6-4-17(5-7-35)15-41-28-13-25(34)24(12-23(28)18-2-3-18)29(37)36-14-22(33)11-26(36)30(38)39/h8-10,12-13,17-18,22,26-27H,2-7,11,14-16H2,1H3,(H,38,39)/t22-,26+,27?/m1/s1. The van der Waals surface area contributed by atoms with Crippen molar-refractivity contribution in [1.29, 1.82) is 0 Å². The number of methoxy groups -OCH3 is 1. The Hall–Kier alpha value is -2.46. The predicted octanol–water partition coefficient (Wildman–Crippen LogP) is 6.13. The van der Waals surface area contributed by atoms with Gasteiger partial charge in [-0.2, -0.15) is 0 Å². The molecule has 2 aliphatic heterocycles. The molecule has 1 amide bonds. The van der Waals surface area contributed by atoms with Crippen LogP contribution in [-0.2, 0) is 9.53 Å². The second kappa shape index (κ2) is 12.8. The van der Waals surface area contributed by atoms with Gasteiger partial charge >= 0.3 is 5.97 Å². The van der Waals surface area contributed by atoms with Gasteiger partial charge in [0.05, 0.1) is 31.4 Å². The SMILES string of the molecule is COCC(c1cc(Cl)cc(Cl)c1)N1CCC(COc2cc(F)c(C(=O)N3C[C@H](F)C[C@H]3C(=O)O)cc2C2CC2)CC1. The minimum atomic E-state index is -1.45. The molecule has 3 fully saturated rings. The predicted molar refractivity (Wildman–Crippen MR) is 151 cm³/mol. The van der Waals surface area contributed by atoms with Crippen LogP contribution >= 0.6 is 23.2 Å². The summed E-state index contributed by atoms with van der Waals surface area (Å²) in [6.07, 6.45) is 1.81. The molecule has 3 atom stereocenters. The number of ether oxygens (including phenoxy) is 2. The number of hydrogen-bond donors (Lipinski definition) is 1. The molecule has 7 nitrogen and oxygen atoms in total. The first-order valence-corrected chi connectivity index (χ1v) is 14.7. The van der Waals surface area contributed by atoms with E-state index in [0.717, 1.165) is 54.8 Å². The van der Waals surface area contributed by atoms with Gasteiger partial charge in [0.1, 0.15) is 23.8 Å². The van der Waals surface area contributed by atoms with Crippen LogP contribution in [0.2, 0.25) is 10.0 Å². The lowest BCUT2D eigenvalue weighted by Crippen LogP contribution is -2.41. The van der Waals surface area contributed by atoms with E-state index in [9.17, 15) is 19.1 Å². The molecular weight excluding hydrogens is 577 g/mol. The molecule has 1 aliphatic carbocycles. The van der Waals surface area contributed by atoms with Gasteiger partial charge in [0.2, 0.25) is 0 Å². The molecule has 11 heteroatoms. The summed E-state index contributed by atoms with van der Waals surface area (Å²) in [4.78, 5) is 27.9. The van der Waals surface area contributed by atoms with Gasteiger partial charge in [0, 0.05) is 29.6 Å². The number of hydrogen-bond acceptors (Lipinski definition) is 5. The van der Waals surface area contributed by atoms with Gasteiger partial charge in [-0.3, -0.25) is 9.69 Å². The zero-order valence-corrected chi connectivity index (χ0v) is 24.3. The molecule has 222 valence electrons. The lowest BCUT2D eigenvalue weighted by atomic mass is 9.95. The smallest absolute Gasteiger partial charge is 0.326 e. The first-order valence-electron chi connectivity index (χ1n) is 14.0. The Morgan fingerprint density at radius 3 is 2.37 bits per heavy atom. The molecule has 1 N–H and O–H groups in total. The van der Waals surface area contributed by atoms with E-state index in [0.29, 0.717) is 29.0 Å². The molecular formula is C30H34Cl2F2N2O5. The van der Waals surface area contributed by atoms with Gasteiger partial charge in [-0.05, 0) is 86.0 Å². The Morgan fingerprint density at radius 2 is 1.76 bits per heavy atom. The topological polar surface area (TPSA) is 79.3 Å². The average Bonchev–Trinajstić information content (AvgIpc) is 3.70. The van der Waals surface area contributed by atoms with Crippen LogP contribution in [0.1, 0.15) is 65.5 Å². The molecule has 41 heavy (non-hydrogen) atoms. The highest BCUT2D eigenvalue weighted by Crippen LogP contribution is 2.45. The van der Waals surface area contributed by atoms with Gasteiger partial charge in [0.25, 0.3) is 5.91 Å². The number of halogens is 4. The summed E-state index contributed by atoms with van der Waals surface area (Å²) >= 11 is 12.5. The average molecular weight is 612 g/mol. The summed E-state index contributed by atoms with van der Waals surface area (Å²) in [5.74, 6) is -2.07. The molecule has 1 saturated carbocycles. The number of amides is 1. The van der Waals surface area contributed by atoms with E-state index >= 15 is 4.39 Å². The molecule has 2 saturated heterocycles. The van der Waals surface area contributed by atoms with Crippen LogP contribution in [0.4, 0.5) is 8.78 Å². The molecule has 1 unspecified atom stereocenters. The molecule has 2 heterocycles. The van der Waals surface area contributed by atoms with Crippen molar-refractivity contribution in [2.45, 2.75) is 56.3 Å². The number of carboxylic acids is 1. The number of carbonyl (C=O) groups is 2. The van der Waals surface area contributed by atoms with Crippen molar-refractivity contribution in [2.24, 2.45) is 5.92 Å². The summed E-state index contributed by atoms with van der Waals surface area (Å²) in [6, 6.07) is 6.95. The number of rotatable bonds is 10. The number of carboxylic acid groups (broad SMARTS) is 1. The maximum absolute atomic E-state index is 15.2. The van der Waals surface area contributed by atoms with Gasteiger partial charge in [-0.15, -0.1) is 0 Å². The van der Waals surface area contributed by atoms with Gasteiger partial charge in [0.15, 0.2) is 0 Å². The van der Waals surface area contributed by atoms with Crippen LogP contribution in [0, 0.1) is 11.7 Å². The quantitative estimate of drug-likeness (QED) is 0.349. The van der Waals surface area contributed by atoms with Crippen molar-refractivity contribution >= 4 is 35.1 Å². The first-order chi connectivity index (χ1) is 19.6. The third-order valence-corrected chi connectivity index (χ3v) is 8.74. The molecule has 5 rings (SSSR count). The zero-order valence-electron chi connectivity index (χ0n) is 22.8. The molecule has 0 bridgehead atoms. The van der Waals surface area contributed by atoms with Crippen molar-refractivity contribution in [1.82, 2.24) is 9.80 Å². The van der Waals surface area contributed by atoms with Crippen LogP contribution in [0.3, 0.4) is 0 Å². The van der Waals surface area contributed by atoms with E-state index in [1.807, 2.05) is 12.1 Å². The van der Waals surface area contributed by atoms with E-state index in [-0.39, 0.29) is 36.4 Å². The summed E-state index contributed by atoms with van der Waals surface area (Å²) in [5.41, 5.74) is 1.51. The number of likely N-dealkylation sites (tertiary alicyclic amines) is 2. The van der Waals surface area contributed by atoms with Crippen LogP contribution in [0.15, 0.2) is 30.3 Å². The maximum atomic E-state index is 15.2. The van der Waals surface area contributed by atoms with Crippen LogP contribution in [0.5, 0.6) is 5.75 Å². The molecule has 0 aromatic heterocycles. The van der Waals surface area contributed by atoms with E-state index < -0.39 is 29.9 Å². The normalized spacial score (nSPS) is 22.6. The third kappa shape index (κ3) is 6.96. The van der Waals surface area contributed by atoms with E-state index in [1.54, 1.807) is 13.2 Å². The van der Waals surface area contributed by atoms with Crippen molar-refractivity contribution in [2.75, 3.05) is 40.0 Å². The van der Waals surface area contributed by atoms with E-state index in [2.05, 4.69) is 4.90 Å². The fourth-order valence-corrected chi connectivity index (χ4v) is 6.49. The number of benzene rings is 2. The lowest BCUT2D eigenvalue weighted by Gasteiger charge is -2.37. The van der Waals surface area contributed by atoms with E-state index in [1.165, 1.54) is 12.1 Å². The number of carbonyl (C=O) groups excluding carboxylic acids is 1. The van der Waals surface area contributed by atoms with Crippen molar-refractivity contribution < 1.29 is 33.0 Å². The minimum Gasteiger partial charge on any atom is -0.493 e. The lowest BCUT2D eigenvalue weighted by molar-refractivity contribution is -0.141. The largest absolute Gasteiger partial charge is 0.493 e. The summed E-state index contributed by atoms with van der Waals surface area (Å²) in [7, 11) is 1.67. The highest BCUT2D eigenvalue weighted by atomic mass is 35.5. The molecule has 2 aromatic rings.